The lowest BCUT2D eigenvalue weighted by Crippen LogP contribution is -2.49. The molecule has 2 aromatic rings. The minimum absolute atomic E-state index is 0.108. The van der Waals surface area contributed by atoms with Crippen molar-refractivity contribution in [1.82, 2.24) is 24.7 Å². The fraction of sp³-hybridized carbons (Fsp3) is 0.480. The van der Waals surface area contributed by atoms with Crippen LogP contribution in [-0.2, 0) is 22.6 Å². The van der Waals surface area contributed by atoms with E-state index in [1.807, 2.05) is 26.0 Å². The Morgan fingerprint density at radius 2 is 1.68 bits per heavy atom. The first-order chi connectivity index (χ1) is 16.3. The van der Waals surface area contributed by atoms with Crippen LogP contribution in [0.2, 0.25) is 0 Å². The molecule has 180 valence electrons. The van der Waals surface area contributed by atoms with Gasteiger partial charge in [0, 0.05) is 70.7 Å². The van der Waals surface area contributed by atoms with Crippen LogP contribution >= 0.6 is 0 Å². The molecule has 0 spiro atoms. The molecule has 0 radical (unpaired) electrons. The monoisotopic (exact) mass is 465 g/mol. The lowest BCUT2D eigenvalue weighted by atomic mass is 9.81. The van der Waals surface area contributed by atoms with Gasteiger partial charge in [0.05, 0.1) is 5.69 Å². The third-order valence-corrected chi connectivity index (χ3v) is 6.25. The van der Waals surface area contributed by atoms with E-state index < -0.39 is 0 Å². The molecule has 0 bridgehead atoms. The topological polar surface area (TPSA) is 95.9 Å². The Morgan fingerprint density at radius 3 is 2.29 bits per heavy atom. The van der Waals surface area contributed by atoms with Gasteiger partial charge in [-0.05, 0) is 29.5 Å². The summed E-state index contributed by atoms with van der Waals surface area (Å²) < 4.78 is 5.54. The third-order valence-electron chi connectivity index (χ3n) is 6.25. The van der Waals surface area contributed by atoms with Crippen LogP contribution in [0.3, 0.4) is 0 Å². The number of benzene rings is 1. The van der Waals surface area contributed by atoms with Gasteiger partial charge in [-0.15, -0.1) is 0 Å². The van der Waals surface area contributed by atoms with Gasteiger partial charge in [0.15, 0.2) is 0 Å². The minimum atomic E-state index is -0.362. The Bertz CT molecular complexity index is 997. The van der Waals surface area contributed by atoms with Crippen molar-refractivity contribution < 1.29 is 19.1 Å². The second kappa shape index (κ2) is 10.3. The van der Waals surface area contributed by atoms with Crippen LogP contribution in [0, 0.1) is 5.41 Å². The SMILES string of the molecule is CC1(C)CC(=O)N(CCc2ccc(OC(=O)N3CCN(Cc4cnccn4)CC3)cc2)C(=O)C1. The Kier molecular flexibility index (Phi) is 7.21. The molecule has 3 heterocycles. The average Bonchev–Trinajstić information content (AvgIpc) is 2.80. The summed E-state index contributed by atoms with van der Waals surface area (Å²) in [6.07, 6.45) is 6.08. The molecule has 2 aliphatic rings. The maximum atomic E-state index is 12.6. The van der Waals surface area contributed by atoms with Crippen molar-refractivity contribution in [3.63, 3.8) is 0 Å². The van der Waals surface area contributed by atoms with Gasteiger partial charge in [0.1, 0.15) is 5.75 Å². The van der Waals surface area contributed by atoms with E-state index in [-0.39, 0.29) is 23.3 Å². The standard InChI is InChI=1S/C25H31N5O4/c1-25(2)15-22(31)30(23(32)16-25)10-7-19-3-5-21(6-4-19)34-24(33)29-13-11-28(12-14-29)18-20-17-26-8-9-27-20/h3-6,8-9,17H,7,10-16,18H2,1-2H3. The summed E-state index contributed by atoms with van der Waals surface area (Å²) in [5.41, 5.74) is 1.62. The van der Waals surface area contributed by atoms with Gasteiger partial charge in [0.25, 0.3) is 0 Å². The number of hydrogen-bond acceptors (Lipinski definition) is 7. The zero-order valence-electron chi connectivity index (χ0n) is 19.8. The van der Waals surface area contributed by atoms with Gasteiger partial charge in [-0.25, -0.2) is 4.79 Å². The molecule has 0 N–H and O–H groups in total. The Labute approximate surface area is 199 Å². The molecule has 9 nitrogen and oxygen atoms in total. The normalized spacial score (nSPS) is 18.8. The highest BCUT2D eigenvalue weighted by atomic mass is 16.6. The fourth-order valence-corrected chi connectivity index (χ4v) is 4.32. The van der Waals surface area contributed by atoms with Crippen LogP contribution in [0.5, 0.6) is 5.75 Å². The second-order valence-electron chi connectivity index (χ2n) is 9.68. The third kappa shape index (κ3) is 6.17. The number of piperazine rings is 1. The van der Waals surface area contributed by atoms with Crippen molar-refractivity contribution in [1.29, 1.82) is 0 Å². The van der Waals surface area contributed by atoms with Gasteiger partial charge in [-0.1, -0.05) is 26.0 Å². The van der Waals surface area contributed by atoms with E-state index in [9.17, 15) is 14.4 Å². The van der Waals surface area contributed by atoms with Gasteiger partial charge in [-0.2, -0.15) is 0 Å². The number of aromatic nitrogens is 2. The molecule has 3 amide bonds. The van der Waals surface area contributed by atoms with E-state index in [4.69, 9.17) is 4.74 Å². The zero-order valence-corrected chi connectivity index (χ0v) is 19.8. The number of amides is 3. The molecule has 2 saturated heterocycles. The van der Waals surface area contributed by atoms with E-state index in [0.717, 1.165) is 24.3 Å². The summed E-state index contributed by atoms with van der Waals surface area (Å²) in [4.78, 5) is 50.9. The molecule has 2 aliphatic heterocycles. The number of hydrogen-bond donors (Lipinski definition) is 0. The molecule has 0 saturated carbocycles. The van der Waals surface area contributed by atoms with Crippen LogP contribution in [0.4, 0.5) is 4.79 Å². The molecular formula is C25H31N5O4. The molecule has 1 aromatic carbocycles. The smallest absolute Gasteiger partial charge is 0.410 e. The first kappa shape index (κ1) is 23.8. The van der Waals surface area contributed by atoms with Crippen molar-refractivity contribution in [3.05, 3.63) is 54.1 Å². The van der Waals surface area contributed by atoms with Crippen molar-refractivity contribution in [2.24, 2.45) is 5.41 Å². The summed E-state index contributed by atoms with van der Waals surface area (Å²) in [6, 6.07) is 7.23. The van der Waals surface area contributed by atoms with E-state index in [1.165, 1.54) is 4.90 Å². The first-order valence-electron chi connectivity index (χ1n) is 11.7. The van der Waals surface area contributed by atoms with Gasteiger partial charge in [0.2, 0.25) is 11.8 Å². The number of imide groups is 1. The Morgan fingerprint density at radius 1 is 1.00 bits per heavy atom. The lowest BCUT2D eigenvalue weighted by Gasteiger charge is -2.34. The molecule has 0 aliphatic carbocycles. The summed E-state index contributed by atoms with van der Waals surface area (Å²) in [5.74, 6) is 0.259. The van der Waals surface area contributed by atoms with Crippen LogP contribution < -0.4 is 4.74 Å². The molecule has 2 fully saturated rings. The highest BCUT2D eigenvalue weighted by Gasteiger charge is 2.37. The highest BCUT2D eigenvalue weighted by molar-refractivity contribution is 5.98. The highest BCUT2D eigenvalue weighted by Crippen LogP contribution is 2.31. The van der Waals surface area contributed by atoms with Crippen LogP contribution in [-0.4, -0.2) is 75.3 Å². The van der Waals surface area contributed by atoms with Crippen molar-refractivity contribution >= 4 is 17.9 Å². The van der Waals surface area contributed by atoms with Crippen LogP contribution in [0.25, 0.3) is 0 Å². The Hall–Kier alpha value is -3.33. The van der Waals surface area contributed by atoms with E-state index in [0.29, 0.717) is 51.2 Å². The zero-order chi connectivity index (χ0) is 24.1. The number of carbonyl (C=O) groups is 3. The number of rotatable bonds is 6. The van der Waals surface area contributed by atoms with Gasteiger partial charge in [-0.3, -0.25) is 29.4 Å². The summed E-state index contributed by atoms with van der Waals surface area (Å²) in [5, 5.41) is 0. The van der Waals surface area contributed by atoms with Gasteiger partial charge < -0.3 is 9.64 Å². The maximum Gasteiger partial charge on any atom is 0.415 e. The van der Waals surface area contributed by atoms with Crippen LogP contribution in [0.15, 0.2) is 42.9 Å². The summed E-state index contributed by atoms with van der Waals surface area (Å²) in [6.45, 7) is 7.64. The van der Waals surface area contributed by atoms with E-state index >= 15 is 0 Å². The number of likely N-dealkylation sites (tertiary alicyclic amines) is 1. The molecule has 0 unspecified atom stereocenters. The fourth-order valence-electron chi connectivity index (χ4n) is 4.32. The van der Waals surface area contributed by atoms with E-state index in [1.54, 1.807) is 35.6 Å². The average molecular weight is 466 g/mol. The summed E-state index contributed by atoms with van der Waals surface area (Å²) >= 11 is 0. The molecule has 4 rings (SSSR count). The number of carbonyl (C=O) groups excluding carboxylic acids is 3. The molecule has 0 atom stereocenters. The van der Waals surface area contributed by atoms with Crippen LogP contribution in [0.1, 0.15) is 37.9 Å². The molecular weight excluding hydrogens is 434 g/mol. The molecule has 34 heavy (non-hydrogen) atoms. The number of nitrogens with zero attached hydrogens (tertiary/aromatic N) is 5. The molecule has 1 aromatic heterocycles. The van der Waals surface area contributed by atoms with Gasteiger partial charge >= 0.3 is 6.09 Å². The predicted octanol–water partition coefficient (Wildman–Crippen LogP) is 2.51. The molecule has 9 heteroatoms. The number of piperidine rings is 1. The summed E-state index contributed by atoms with van der Waals surface area (Å²) in [7, 11) is 0. The quantitative estimate of drug-likeness (QED) is 0.605. The number of ether oxygens (including phenoxy) is 1. The predicted molar refractivity (Wildman–Crippen MR) is 125 cm³/mol. The largest absolute Gasteiger partial charge is 0.415 e. The maximum absolute atomic E-state index is 12.6. The minimum Gasteiger partial charge on any atom is -0.410 e. The second-order valence-corrected chi connectivity index (χ2v) is 9.68. The lowest BCUT2D eigenvalue weighted by molar-refractivity contribution is -0.152. The van der Waals surface area contributed by atoms with E-state index in [2.05, 4.69) is 14.9 Å². The first-order valence-corrected chi connectivity index (χ1v) is 11.7. The van der Waals surface area contributed by atoms with Crippen molar-refractivity contribution in [3.8, 4) is 5.75 Å². The van der Waals surface area contributed by atoms with Crippen molar-refractivity contribution in [2.75, 3.05) is 32.7 Å². The Balaban J connectivity index is 1.22. The van der Waals surface area contributed by atoms with Crippen molar-refractivity contribution in [2.45, 2.75) is 39.7 Å².